The zero-order valence-electron chi connectivity index (χ0n) is 7.87. The van der Waals surface area contributed by atoms with Gasteiger partial charge >= 0.3 is 0 Å². The summed E-state index contributed by atoms with van der Waals surface area (Å²) in [6.07, 6.45) is 1.08. The van der Waals surface area contributed by atoms with E-state index in [2.05, 4.69) is 15.8 Å². The molecule has 1 fully saturated rings. The molecule has 2 N–H and O–H groups in total. The molecule has 0 aromatic carbocycles. The number of nitrogens with zero attached hydrogens (tertiary/aromatic N) is 1. The van der Waals surface area contributed by atoms with Crippen LogP contribution in [0, 0.1) is 0 Å². The normalized spacial score (nSPS) is 24.5. The van der Waals surface area contributed by atoms with Crippen molar-refractivity contribution in [3.8, 4) is 0 Å². The molecular formula is C7H17Cl2N3O. The van der Waals surface area contributed by atoms with E-state index in [9.17, 15) is 0 Å². The third-order valence-corrected chi connectivity index (χ3v) is 1.88. The molecular weight excluding hydrogens is 213 g/mol. The van der Waals surface area contributed by atoms with Crippen molar-refractivity contribution in [3.63, 3.8) is 0 Å². The molecule has 1 saturated heterocycles. The summed E-state index contributed by atoms with van der Waals surface area (Å²) in [6.45, 7) is 1.88. The first-order valence-electron chi connectivity index (χ1n) is 3.86. The van der Waals surface area contributed by atoms with Crippen molar-refractivity contribution in [2.75, 3.05) is 27.2 Å². The van der Waals surface area contributed by atoms with Gasteiger partial charge in [0, 0.05) is 6.54 Å². The summed E-state index contributed by atoms with van der Waals surface area (Å²) < 4.78 is 0. The van der Waals surface area contributed by atoms with Crippen LogP contribution >= 0.6 is 24.8 Å². The van der Waals surface area contributed by atoms with Gasteiger partial charge in [-0.05, 0) is 20.0 Å². The molecule has 0 aromatic heterocycles. The van der Waals surface area contributed by atoms with E-state index in [1.54, 1.807) is 7.11 Å². The summed E-state index contributed by atoms with van der Waals surface area (Å²) in [5, 5.41) is 10.3. The third kappa shape index (κ3) is 4.67. The molecule has 0 aliphatic carbocycles. The number of halogens is 2. The summed E-state index contributed by atoms with van der Waals surface area (Å²) in [7, 11) is 3.52. The molecule has 0 radical (unpaired) electrons. The van der Waals surface area contributed by atoms with Gasteiger partial charge in [0.15, 0.2) is 0 Å². The monoisotopic (exact) mass is 229 g/mol. The van der Waals surface area contributed by atoms with Crippen LogP contribution in [0.25, 0.3) is 0 Å². The van der Waals surface area contributed by atoms with Crippen molar-refractivity contribution < 1.29 is 4.84 Å². The maximum Gasteiger partial charge on any atom is 0.106 e. The van der Waals surface area contributed by atoms with Crippen LogP contribution in [-0.4, -0.2) is 39.0 Å². The van der Waals surface area contributed by atoms with Crippen LogP contribution in [0.1, 0.15) is 6.42 Å². The fourth-order valence-electron chi connectivity index (χ4n) is 1.28. The van der Waals surface area contributed by atoms with Crippen molar-refractivity contribution in [1.82, 2.24) is 10.6 Å². The topological polar surface area (TPSA) is 45.7 Å². The molecule has 1 aliphatic rings. The van der Waals surface area contributed by atoms with E-state index < -0.39 is 0 Å². The second-order valence-electron chi connectivity index (χ2n) is 2.57. The first kappa shape index (κ1) is 15.4. The summed E-state index contributed by atoms with van der Waals surface area (Å²) in [6, 6.07) is 0.385. The molecule has 6 heteroatoms. The highest BCUT2D eigenvalue weighted by Gasteiger charge is 2.18. The Labute approximate surface area is 91.3 Å². The van der Waals surface area contributed by atoms with Gasteiger partial charge in [0.25, 0.3) is 0 Å². The quantitative estimate of drug-likeness (QED) is 0.675. The van der Waals surface area contributed by atoms with E-state index in [1.165, 1.54) is 0 Å². The number of nitrogens with one attached hydrogen (secondary N) is 2. The van der Waals surface area contributed by atoms with Gasteiger partial charge in [-0.1, -0.05) is 5.16 Å². The van der Waals surface area contributed by atoms with Crippen LogP contribution in [0.4, 0.5) is 0 Å². The first-order chi connectivity index (χ1) is 5.38. The summed E-state index contributed by atoms with van der Waals surface area (Å²) in [5.41, 5.74) is 1.06. The highest BCUT2D eigenvalue weighted by Crippen LogP contribution is 1.99. The average molecular weight is 230 g/mol. The largest absolute Gasteiger partial charge is 0.399 e. The molecule has 1 rings (SSSR count). The Morgan fingerprint density at radius 1 is 1.54 bits per heavy atom. The Bertz CT molecular complexity index is 155. The van der Waals surface area contributed by atoms with Crippen LogP contribution < -0.4 is 10.6 Å². The van der Waals surface area contributed by atoms with Crippen molar-refractivity contribution in [2.24, 2.45) is 5.16 Å². The van der Waals surface area contributed by atoms with Gasteiger partial charge < -0.3 is 15.5 Å². The molecule has 0 amide bonds. The van der Waals surface area contributed by atoms with Crippen LogP contribution in [0.3, 0.4) is 0 Å². The minimum Gasteiger partial charge on any atom is -0.399 e. The van der Waals surface area contributed by atoms with Gasteiger partial charge in [-0.3, -0.25) is 0 Å². The van der Waals surface area contributed by atoms with Gasteiger partial charge in [0.2, 0.25) is 0 Å². The fraction of sp³-hybridized carbons (Fsp3) is 0.857. The smallest absolute Gasteiger partial charge is 0.106 e. The maximum absolute atomic E-state index is 4.72. The Morgan fingerprint density at radius 3 is 2.77 bits per heavy atom. The van der Waals surface area contributed by atoms with Gasteiger partial charge in [0.1, 0.15) is 7.11 Å². The van der Waals surface area contributed by atoms with E-state index in [1.807, 2.05) is 7.05 Å². The van der Waals surface area contributed by atoms with Crippen molar-refractivity contribution in [1.29, 1.82) is 0 Å². The molecule has 0 bridgehead atoms. The van der Waals surface area contributed by atoms with Crippen molar-refractivity contribution in [3.05, 3.63) is 0 Å². The SMILES string of the molecule is CNC1CCNC/C1=N\OC.Cl.Cl. The summed E-state index contributed by atoms with van der Waals surface area (Å²) in [4.78, 5) is 4.72. The Morgan fingerprint density at radius 2 is 2.23 bits per heavy atom. The second-order valence-corrected chi connectivity index (χ2v) is 2.57. The zero-order chi connectivity index (χ0) is 8.10. The number of piperidine rings is 1. The van der Waals surface area contributed by atoms with Gasteiger partial charge in [-0.15, -0.1) is 24.8 Å². The maximum atomic E-state index is 4.72. The van der Waals surface area contributed by atoms with Crippen molar-refractivity contribution >= 4 is 30.5 Å². The number of oxime groups is 1. The first-order valence-corrected chi connectivity index (χ1v) is 3.86. The minimum absolute atomic E-state index is 0. The Kier molecular flexibility index (Phi) is 10.2. The van der Waals surface area contributed by atoms with E-state index >= 15 is 0 Å². The van der Waals surface area contributed by atoms with Crippen LogP contribution in [0.15, 0.2) is 5.16 Å². The lowest BCUT2D eigenvalue weighted by molar-refractivity contribution is 0.209. The van der Waals surface area contributed by atoms with E-state index in [4.69, 9.17) is 4.84 Å². The number of hydrogen-bond acceptors (Lipinski definition) is 4. The molecule has 4 nitrogen and oxygen atoms in total. The minimum atomic E-state index is 0. The van der Waals surface area contributed by atoms with Gasteiger partial charge in [-0.2, -0.15) is 0 Å². The lowest BCUT2D eigenvalue weighted by atomic mass is 10.1. The molecule has 13 heavy (non-hydrogen) atoms. The Balaban J connectivity index is 0. The molecule has 0 saturated carbocycles. The predicted molar refractivity (Wildman–Crippen MR) is 59.3 cm³/mol. The van der Waals surface area contributed by atoms with Gasteiger partial charge in [0.05, 0.1) is 11.8 Å². The average Bonchev–Trinajstić information content (AvgIpc) is 2.06. The zero-order valence-corrected chi connectivity index (χ0v) is 9.50. The molecule has 1 heterocycles. The van der Waals surface area contributed by atoms with E-state index in [-0.39, 0.29) is 24.8 Å². The molecule has 80 valence electrons. The van der Waals surface area contributed by atoms with E-state index in [0.29, 0.717) is 6.04 Å². The summed E-state index contributed by atoms with van der Waals surface area (Å²) in [5.74, 6) is 0. The highest BCUT2D eigenvalue weighted by molar-refractivity contribution is 5.91. The predicted octanol–water partition coefficient (Wildman–Crippen LogP) is 0.414. The van der Waals surface area contributed by atoms with Gasteiger partial charge in [-0.25, -0.2) is 0 Å². The molecule has 1 aliphatic heterocycles. The fourth-order valence-corrected chi connectivity index (χ4v) is 1.28. The van der Waals surface area contributed by atoms with Crippen molar-refractivity contribution in [2.45, 2.75) is 12.5 Å². The molecule has 0 aromatic rings. The summed E-state index contributed by atoms with van der Waals surface area (Å²) >= 11 is 0. The highest BCUT2D eigenvalue weighted by atomic mass is 35.5. The Hall–Kier alpha value is -0.0300. The second kappa shape index (κ2) is 8.56. The lowest BCUT2D eigenvalue weighted by Gasteiger charge is -2.23. The molecule has 0 spiro atoms. The standard InChI is InChI=1S/C7H15N3O.2ClH/c1-8-6-3-4-9-5-7(6)10-11-2;;/h6,8-9H,3-5H2,1-2H3;2*1H/b10-7+;;. The lowest BCUT2D eigenvalue weighted by Crippen LogP contribution is -2.46. The van der Waals surface area contributed by atoms with Crippen LogP contribution in [0.2, 0.25) is 0 Å². The molecule has 1 atom stereocenters. The molecule has 1 unspecified atom stereocenters. The third-order valence-electron chi connectivity index (χ3n) is 1.88. The number of hydrogen-bond donors (Lipinski definition) is 2. The van der Waals surface area contributed by atoms with Crippen LogP contribution in [-0.2, 0) is 4.84 Å². The number of rotatable bonds is 2. The van der Waals surface area contributed by atoms with Crippen LogP contribution in [0.5, 0.6) is 0 Å². The van der Waals surface area contributed by atoms with E-state index in [0.717, 1.165) is 25.2 Å².